The first-order chi connectivity index (χ1) is 11.1. The number of hydrogen-bond acceptors (Lipinski definition) is 3. The van der Waals surface area contributed by atoms with E-state index in [2.05, 4.69) is 15.6 Å². The summed E-state index contributed by atoms with van der Waals surface area (Å²) in [7, 11) is 0. The smallest absolute Gasteiger partial charge is 0.260 e. The Morgan fingerprint density at radius 3 is 2.74 bits per heavy atom. The van der Waals surface area contributed by atoms with Gasteiger partial charge in [-0.25, -0.2) is 0 Å². The fourth-order valence-electron chi connectivity index (χ4n) is 2.74. The summed E-state index contributed by atoms with van der Waals surface area (Å²) in [4.78, 5) is 38.4. The quantitative estimate of drug-likeness (QED) is 0.800. The van der Waals surface area contributed by atoms with Gasteiger partial charge in [0.2, 0.25) is 5.91 Å². The van der Waals surface area contributed by atoms with Gasteiger partial charge in [0.1, 0.15) is 5.56 Å². The van der Waals surface area contributed by atoms with Crippen LogP contribution >= 0.6 is 0 Å². The molecule has 2 aromatic rings. The number of carbonyl (C=O) groups excluding carboxylic acids is 2. The standard InChI is InChI=1S/C17H17N3O3/c1-10-6-7-13(17(23)19-10)15(21)18-9-8-12-11-4-2-3-5-14(11)20-16(12)22/h2-7,12H,8-9H2,1H3,(H,18,21)(H,19,23)(H,20,22). The van der Waals surface area contributed by atoms with Crippen molar-refractivity contribution < 1.29 is 9.59 Å². The van der Waals surface area contributed by atoms with Gasteiger partial charge in [0, 0.05) is 17.9 Å². The highest BCUT2D eigenvalue weighted by Gasteiger charge is 2.29. The minimum atomic E-state index is -0.432. The van der Waals surface area contributed by atoms with Crippen LogP contribution in [0.1, 0.15) is 34.0 Å². The van der Waals surface area contributed by atoms with Crippen molar-refractivity contribution in [2.24, 2.45) is 0 Å². The van der Waals surface area contributed by atoms with E-state index in [-0.39, 0.29) is 17.4 Å². The topological polar surface area (TPSA) is 91.1 Å². The predicted molar refractivity (Wildman–Crippen MR) is 86.6 cm³/mol. The number of para-hydroxylation sites is 1. The molecule has 0 saturated heterocycles. The zero-order valence-electron chi connectivity index (χ0n) is 12.7. The predicted octanol–water partition coefficient (Wildman–Crippen LogP) is 1.54. The fourth-order valence-corrected chi connectivity index (χ4v) is 2.74. The summed E-state index contributed by atoms with van der Waals surface area (Å²) in [6.45, 7) is 2.07. The van der Waals surface area contributed by atoms with Crippen LogP contribution in [0.15, 0.2) is 41.2 Å². The zero-order chi connectivity index (χ0) is 16.4. The number of amides is 2. The lowest BCUT2D eigenvalue weighted by molar-refractivity contribution is -0.117. The molecular weight excluding hydrogens is 294 g/mol. The maximum atomic E-state index is 12.0. The second-order valence-electron chi connectivity index (χ2n) is 5.56. The van der Waals surface area contributed by atoms with Crippen molar-refractivity contribution in [1.29, 1.82) is 0 Å². The van der Waals surface area contributed by atoms with Gasteiger partial charge in [-0.15, -0.1) is 0 Å². The highest BCUT2D eigenvalue weighted by atomic mass is 16.2. The first-order valence-electron chi connectivity index (χ1n) is 7.44. The van der Waals surface area contributed by atoms with Gasteiger partial charge in [-0.05, 0) is 37.1 Å². The van der Waals surface area contributed by atoms with E-state index in [9.17, 15) is 14.4 Å². The minimum Gasteiger partial charge on any atom is -0.352 e. The molecule has 1 atom stereocenters. The van der Waals surface area contributed by atoms with Crippen LogP contribution in [0.3, 0.4) is 0 Å². The lowest BCUT2D eigenvalue weighted by atomic mass is 9.97. The van der Waals surface area contributed by atoms with Crippen LogP contribution < -0.4 is 16.2 Å². The Kier molecular flexibility index (Phi) is 3.97. The highest BCUT2D eigenvalue weighted by Crippen LogP contribution is 2.33. The van der Waals surface area contributed by atoms with Crippen LogP contribution in [0, 0.1) is 6.92 Å². The molecule has 0 saturated carbocycles. The van der Waals surface area contributed by atoms with Gasteiger partial charge < -0.3 is 15.6 Å². The maximum absolute atomic E-state index is 12.0. The molecule has 2 amide bonds. The molecule has 0 spiro atoms. The molecule has 0 bridgehead atoms. The monoisotopic (exact) mass is 311 g/mol. The van der Waals surface area contributed by atoms with Crippen LogP contribution in [0.2, 0.25) is 0 Å². The molecule has 6 heteroatoms. The number of rotatable bonds is 4. The number of nitrogens with one attached hydrogen (secondary N) is 3. The molecule has 1 unspecified atom stereocenters. The van der Waals surface area contributed by atoms with Crippen LogP contribution in [0.4, 0.5) is 5.69 Å². The Bertz CT molecular complexity index is 826. The fraction of sp³-hybridized carbons (Fsp3) is 0.235. The SMILES string of the molecule is Cc1ccc(C(=O)NCCC2C(=O)Nc3ccccc32)c(=O)[nH]1. The molecule has 2 heterocycles. The van der Waals surface area contributed by atoms with Gasteiger partial charge >= 0.3 is 0 Å². The third-order valence-corrected chi connectivity index (χ3v) is 3.93. The normalized spacial score (nSPS) is 15.9. The van der Waals surface area contributed by atoms with Crippen molar-refractivity contribution in [2.75, 3.05) is 11.9 Å². The average molecular weight is 311 g/mol. The van der Waals surface area contributed by atoms with Crippen LogP contribution in [-0.2, 0) is 4.79 Å². The number of aromatic nitrogens is 1. The summed E-state index contributed by atoms with van der Waals surface area (Å²) in [5, 5.41) is 5.52. The van der Waals surface area contributed by atoms with E-state index in [1.165, 1.54) is 6.07 Å². The number of aromatic amines is 1. The number of pyridine rings is 1. The lowest BCUT2D eigenvalue weighted by Gasteiger charge is -2.10. The summed E-state index contributed by atoms with van der Waals surface area (Å²) in [6, 6.07) is 10.7. The lowest BCUT2D eigenvalue weighted by Crippen LogP contribution is -2.31. The summed E-state index contributed by atoms with van der Waals surface area (Å²) < 4.78 is 0. The molecule has 6 nitrogen and oxygen atoms in total. The Morgan fingerprint density at radius 1 is 1.17 bits per heavy atom. The van der Waals surface area contributed by atoms with Crippen molar-refractivity contribution in [1.82, 2.24) is 10.3 Å². The Balaban J connectivity index is 1.63. The molecule has 1 aromatic carbocycles. The van der Waals surface area contributed by atoms with E-state index in [0.717, 1.165) is 11.3 Å². The number of hydrogen-bond donors (Lipinski definition) is 3. The number of anilines is 1. The molecule has 3 N–H and O–H groups in total. The highest BCUT2D eigenvalue weighted by molar-refractivity contribution is 6.02. The number of benzene rings is 1. The summed E-state index contributed by atoms with van der Waals surface area (Å²) in [6.07, 6.45) is 0.484. The summed E-state index contributed by atoms with van der Waals surface area (Å²) in [5.74, 6) is -0.769. The first-order valence-corrected chi connectivity index (χ1v) is 7.44. The largest absolute Gasteiger partial charge is 0.352 e. The van der Waals surface area contributed by atoms with Gasteiger partial charge in [-0.2, -0.15) is 0 Å². The molecule has 1 aromatic heterocycles. The van der Waals surface area contributed by atoms with Gasteiger partial charge in [0.25, 0.3) is 11.5 Å². The molecule has 23 heavy (non-hydrogen) atoms. The first kappa shape index (κ1) is 15.0. The molecule has 3 rings (SSSR count). The van der Waals surface area contributed by atoms with Gasteiger partial charge in [0.05, 0.1) is 5.92 Å². The van der Waals surface area contributed by atoms with Gasteiger partial charge in [-0.3, -0.25) is 14.4 Å². The molecule has 1 aliphatic heterocycles. The zero-order valence-corrected chi connectivity index (χ0v) is 12.7. The van der Waals surface area contributed by atoms with E-state index >= 15 is 0 Å². The molecule has 0 aliphatic carbocycles. The van der Waals surface area contributed by atoms with Crippen molar-refractivity contribution in [3.63, 3.8) is 0 Å². The number of H-pyrrole nitrogens is 1. The van der Waals surface area contributed by atoms with E-state index in [1.54, 1.807) is 13.0 Å². The van der Waals surface area contributed by atoms with E-state index in [0.29, 0.717) is 18.7 Å². The number of aryl methyl sites for hydroxylation is 1. The Labute approximate surface area is 132 Å². The Hall–Kier alpha value is -2.89. The molecule has 0 fully saturated rings. The van der Waals surface area contributed by atoms with Gasteiger partial charge in [-0.1, -0.05) is 18.2 Å². The van der Waals surface area contributed by atoms with Crippen LogP contribution in [-0.4, -0.2) is 23.3 Å². The van der Waals surface area contributed by atoms with Crippen molar-refractivity contribution in [3.05, 3.63) is 63.6 Å². The van der Waals surface area contributed by atoms with E-state index in [1.807, 2.05) is 24.3 Å². The number of carbonyl (C=O) groups is 2. The van der Waals surface area contributed by atoms with E-state index in [4.69, 9.17) is 0 Å². The second kappa shape index (κ2) is 6.08. The third-order valence-electron chi connectivity index (χ3n) is 3.93. The molecule has 118 valence electrons. The average Bonchev–Trinajstić information content (AvgIpc) is 2.83. The van der Waals surface area contributed by atoms with Crippen LogP contribution in [0.5, 0.6) is 0 Å². The van der Waals surface area contributed by atoms with E-state index < -0.39 is 11.5 Å². The Morgan fingerprint density at radius 2 is 1.96 bits per heavy atom. The summed E-state index contributed by atoms with van der Waals surface area (Å²) in [5.41, 5.74) is 2.13. The third kappa shape index (κ3) is 3.01. The van der Waals surface area contributed by atoms with Crippen molar-refractivity contribution in [3.8, 4) is 0 Å². The maximum Gasteiger partial charge on any atom is 0.260 e. The number of fused-ring (bicyclic) bond motifs is 1. The molecular formula is C17H17N3O3. The van der Waals surface area contributed by atoms with Gasteiger partial charge in [0.15, 0.2) is 0 Å². The molecule has 0 radical (unpaired) electrons. The molecule has 1 aliphatic rings. The summed E-state index contributed by atoms with van der Waals surface area (Å²) >= 11 is 0. The second-order valence-corrected chi connectivity index (χ2v) is 5.56. The van der Waals surface area contributed by atoms with Crippen LogP contribution in [0.25, 0.3) is 0 Å². The minimum absolute atomic E-state index is 0.0615. The van der Waals surface area contributed by atoms with Crippen molar-refractivity contribution in [2.45, 2.75) is 19.3 Å². The van der Waals surface area contributed by atoms with Crippen molar-refractivity contribution >= 4 is 17.5 Å².